The molecule has 1 heteroatoms. The third-order valence-electron chi connectivity index (χ3n) is 8.94. The molecule has 1 aliphatic carbocycles. The van der Waals surface area contributed by atoms with E-state index in [0.717, 1.165) is 11.1 Å². The molecule has 0 fully saturated rings. The van der Waals surface area contributed by atoms with Crippen LogP contribution in [0.25, 0.3) is 65.7 Å². The summed E-state index contributed by atoms with van der Waals surface area (Å²) in [6.07, 6.45) is 0. The highest BCUT2D eigenvalue weighted by Crippen LogP contribution is 2.52. The number of halogens is 1. The lowest BCUT2D eigenvalue weighted by molar-refractivity contribution is 0.628. The van der Waals surface area contributed by atoms with E-state index < -0.39 is 0 Å². The number of hydrogen-bond donors (Lipinski definition) is 0. The zero-order valence-electron chi connectivity index (χ0n) is 22.5. The molecule has 40 heavy (non-hydrogen) atoms. The molecular formula is C39H27F. The van der Waals surface area contributed by atoms with Crippen molar-refractivity contribution in [3.8, 4) is 33.4 Å². The molecule has 0 aromatic heterocycles. The second-order valence-corrected chi connectivity index (χ2v) is 11.4. The average Bonchev–Trinajstić information content (AvgIpc) is 2.99. The van der Waals surface area contributed by atoms with Crippen LogP contribution in [-0.2, 0) is 5.41 Å². The molecule has 0 amide bonds. The van der Waals surface area contributed by atoms with Crippen LogP contribution in [0.15, 0.2) is 127 Å². The standard InChI is InChI=1S/C39H27F/c1-39(2)34-16-8-7-10-26(34)32-22-23-33(31-15-9-17-35(39)38(31)32)37-29-13-5-3-11-27(29)36(24-18-20-25(40)21-19-24)28-12-4-6-14-30(28)37/h3-23H,1-2H3. The Morgan fingerprint density at radius 1 is 0.425 bits per heavy atom. The van der Waals surface area contributed by atoms with Crippen LogP contribution < -0.4 is 0 Å². The summed E-state index contributed by atoms with van der Waals surface area (Å²) < 4.78 is 13.9. The van der Waals surface area contributed by atoms with Crippen LogP contribution in [0.4, 0.5) is 4.39 Å². The van der Waals surface area contributed by atoms with E-state index in [0.29, 0.717) is 0 Å². The van der Waals surface area contributed by atoms with E-state index >= 15 is 0 Å². The van der Waals surface area contributed by atoms with Crippen LogP contribution in [0.5, 0.6) is 0 Å². The molecule has 8 rings (SSSR count). The lowest BCUT2D eigenvalue weighted by atomic mass is 9.68. The highest BCUT2D eigenvalue weighted by Gasteiger charge is 2.33. The summed E-state index contributed by atoms with van der Waals surface area (Å²) in [5.74, 6) is -0.220. The van der Waals surface area contributed by atoms with Crippen molar-refractivity contribution in [1.29, 1.82) is 0 Å². The molecule has 190 valence electrons. The number of hydrogen-bond acceptors (Lipinski definition) is 0. The second-order valence-electron chi connectivity index (χ2n) is 11.4. The molecule has 0 spiro atoms. The Kier molecular flexibility index (Phi) is 4.85. The van der Waals surface area contributed by atoms with Gasteiger partial charge in [0, 0.05) is 5.41 Å². The largest absolute Gasteiger partial charge is 0.207 e. The van der Waals surface area contributed by atoms with Gasteiger partial charge in [-0.15, -0.1) is 0 Å². The normalized spacial score (nSPS) is 13.6. The minimum Gasteiger partial charge on any atom is -0.207 e. The Bertz CT molecular complexity index is 2070. The van der Waals surface area contributed by atoms with Gasteiger partial charge in [-0.25, -0.2) is 4.39 Å². The van der Waals surface area contributed by atoms with Crippen LogP contribution in [-0.4, -0.2) is 0 Å². The minimum absolute atomic E-state index is 0.0989. The molecule has 0 bridgehead atoms. The molecule has 7 aromatic rings. The Labute approximate surface area is 233 Å². The van der Waals surface area contributed by atoms with Gasteiger partial charge in [-0.3, -0.25) is 0 Å². The van der Waals surface area contributed by atoms with Gasteiger partial charge in [0.1, 0.15) is 5.82 Å². The minimum atomic E-state index is -0.220. The molecule has 0 aliphatic heterocycles. The second kappa shape index (κ2) is 8.37. The predicted octanol–water partition coefficient (Wildman–Crippen LogP) is 10.9. The molecule has 0 saturated carbocycles. The van der Waals surface area contributed by atoms with Gasteiger partial charge in [0.2, 0.25) is 0 Å². The van der Waals surface area contributed by atoms with Gasteiger partial charge in [0.25, 0.3) is 0 Å². The maximum absolute atomic E-state index is 13.9. The average molecular weight is 515 g/mol. The third kappa shape index (κ3) is 3.12. The van der Waals surface area contributed by atoms with E-state index in [2.05, 4.69) is 117 Å². The zero-order chi connectivity index (χ0) is 27.0. The van der Waals surface area contributed by atoms with E-state index in [-0.39, 0.29) is 11.2 Å². The lowest BCUT2D eigenvalue weighted by Crippen LogP contribution is -2.23. The predicted molar refractivity (Wildman–Crippen MR) is 167 cm³/mol. The first-order valence-electron chi connectivity index (χ1n) is 13.9. The van der Waals surface area contributed by atoms with Crippen molar-refractivity contribution in [2.75, 3.05) is 0 Å². The van der Waals surface area contributed by atoms with Crippen molar-refractivity contribution in [1.82, 2.24) is 0 Å². The summed E-state index contributed by atoms with van der Waals surface area (Å²) in [7, 11) is 0. The van der Waals surface area contributed by atoms with Gasteiger partial charge in [-0.1, -0.05) is 129 Å². The first kappa shape index (κ1) is 23.2. The molecule has 0 radical (unpaired) electrons. The lowest BCUT2D eigenvalue weighted by Gasteiger charge is -2.35. The summed E-state index contributed by atoms with van der Waals surface area (Å²) in [4.78, 5) is 0. The molecule has 0 atom stereocenters. The Hall–Kier alpha value is -4.75. The van der Waals surface area contributed by atoms with Crippen LogP contribution in [0.3, 0.4) is 0 Å². The highest BCUT2D eigenvalue weighted by atomic mass is 19.1. The molecule has 7 aromatic carbocycles. The van der Waals surface area contributed by atoms with Crippen LogP contribution in [0.1, 0.15) is 25.0 Å². The van der Waals surface area contributed by atoms with Gasteiger partial charge in [0.05, 0.1) is 0 Å². The zero-order valence-corrected chi connectivity index (χ0v) is 22.5. The summed E-state index contributed by atoms with van der Waals surface area (Å²) in [5.41, 5.74) is 9.94. The Balaban J connectivity index is 1.53. The van der Waals surface area contributed by atoms with E-state index in [1.807, 2.05) is 12.1 Å². The molecular weight excluding hydrogens is 487 g/mol. The Morgan fingerprint density at radius 2 is 0.950 bits per heavy atom. The number of benzene rings is 7. The molecule has 0 N–H and O–H groups in total. The summed E-state index contributed by atoms with van der Waals surface area (Å²) in [6.45, 7) is 4.69. The maximum Gasteiger partial charge on any atom is 0.123 e. The Morgan fingerprint density at radius 3 is 1.62 bits per heavy atom. The van der Waals surface area contributed by atoms with Crippen molar-refractivity contribution in [2.45, 2.75) is 19.3 Å². The number of fused-ring (bicyclic) bond motifs is 4. The fourth-order valence-corrected chi connectivity index (χ4v) is 7.12. The summed E-state index contributed by atoms with van der Waals surface area (Å²) >= 11 is 0. The van der Waals surface area contributed by atoms with E-state index in [9.17, 15) is 4.39 Å². The van der Waals surface area contributed by atoms with Gasteiger partial charge >= 0.3 is 0 Å². The van der Waals surface area contributed by atoms with Crippen LogP contribution in [0, 0.1) is 5.82 Å². The van der Waals surface area contributed by atoms with Crippen molar-refractivity contribution in [3.05, 3.63) is 144 Å². The molecule has 0 saturated heterocycles. The van der Waals surface area contributed by atoms with Gasteiger partial charge in [-0.2, -0.15) is 0 Å². The smallest absolute Gasteiger partial charge is 0.123 e. The summed E-state index contributed by atoms with van der Waals surface area (Å²) in [6, 6.07) is 44.5. The third-order valence-corrected chi connectivity index (χ3v) is 8.94. The monoisotopic (exact) mass is 514 g/mol. The molecule has 1 aliphatic rings. The quantitative estimate of drug-likeness (QED) is 0.201. The topological polar surface area (TPSA) is 0 Å². The van der Waals surface area contributed by atoms with Gasteiger partial charge in [-0.05, 0) is 89.0 Å². The fraction of sp³-hybridized carbons (Fsp3) is 0.0769. The fourth-order valence-electron chi connectivity index (χ4n) is 7.12. The molecule has 0 heterocycles. The van der Waals surface area contributed by atoms with Crippen LogP contribution >= 0.6 is 0 Å². The van der Waals surface area contributed by atoms with Crippen molar-refractivity contribution in [2.24, 2.45) is 0 Å². The van der Waals surface area contributed by atoms with Crippen molar-refractivity contribution >= 4 is 32.3 Å². The van der Waals surface area contributed by atoms with Gasteiger partial charge < -0.3 is 0 Å². The molecule has 0 unspecified atom stereocenters. The number of rotatable bonds is 2. The van der Waals surface area contributed by atoms with E-state index in [4.69, 9.17) is 0 Å². The van der Waals surface area contributed by atoms with Crippen molar-refractivity contribution < 1.29 is 4.39 Å². The molecule has 0 nitrogen and oxygen atoms in total. The van der Waals surface area contributed by atoms with Crippen LogP contribution in [0.2, 0.25) is 0 Å². The van der Waals surface area contributed by atoms with E-state index in [1.165, 1.54) is 65.7 Å². The van der Waals surface area contributed by atoms with E-state index in [1.54, 1.807) is 12.1 Å². The van der Waals surface area contributed by atoms with Gasteiger partial charge in [0.15, 0.2) is 0 Å². The first-order chi connectivity index (χ1) is 19.5. The first-order valence-corrected chi connectivity index (χ1v) is 13.9. The summed E-state index contributed by atoms with van der Waals surface area (Å²) in [5, 5.41) is 7.39. The SMILES string of the molecule is CC1(C)c2ccccc2-c2ccc(-c3c4ccccc4c(-c4ccc(F)cc4)c4ccccc34)c3cccc1c23. The van der Waals surface area contributed by atoms with Crippen molar-refractivity contribution in [3.63, 3.8) is 0 Å². The highest BCUT2D eigenvalue weighted by molar-refractivity contribution is 6.24. The maximum atomic E-state index is 13.9.